The number of anilines is 1. The van der Waals surface area contributed by atoms with Crippen LogP contribution in [0.1, 0.15) is 31.2 Å². The van der Waals surface area contributed by atoms with Crippen molar-refractivity contribution >= 4 is 21.6 Å². The van der Waals surface area contributed by atoms with Gasteiger partial charge in [-0.2, -0.15) is 4.31 Å². The lowest BCUT2D eigenvalue weighted by molar-refractivity contribution is -0.118. The van der Waals surface area contributed by atoms with Crippen LogP contribution in [0.25, 0.3) is 0 Å². The quantitative estimate of drug-likeness (QED) is 0.901. The normalized spacial score (nSPS) is 19.8. The van der Waals surface area contributed by atoms with Crippen molar-refractivity contribution in [2.24, 2.45) is 0 Å². The fourth-order valence-corrected chi connectivity index (χ4v) is 4.65. The van der Waals surface area contributed by atoms with E-state index < -0.39 is 10.0 Å². The van der Waals surface area contributed by atoms with Gasteiger partial charge in [0, 0.05) is 19.2 Å². The third-order valence-electron chi connectivity index (χ3n) is 4.09. The first-order chi connectivity index (χ1) is 10.5. The van der Waals surface area contributed by atoms with Gasteiger partial charge in [0.2, 0.25) is 10.0 Å². The zero-order valence-electron chi connectivity index (χ0n) is 12.6. The van der Waals surface area contributed by atoms with Crippen molar-refractivity contribution in [2.45, 2.75) is 37.5 Å². The minimum Gasteiger partial charge on any atom is -0.482 e. The van der Waals surface area contributed by atoms with Gasteiger partial charge in [-0.25, -0.2) is 8.42 Å². The number of ether oxygens (including phenoxy) is 1. The van der Waals surface area contributed by atoms with Crippen LogP contribution in [-0.4, -0.2) is 38.3 Å². The topological polar surface area (TPSA) is 75.7 Å². The summed E-state index contributed by atoms with van der Waals surface area (Å²) >= 11 is 0. The van der Waals surface area contributed by atoms with E-state index in [1.165, 1.54) is 6.07 Å². The van der Waals surface area contributed by atoms with Crippen molar-refractivity contribution in [3.8, 4) is 5.75 Å². The number of nitrogens with zero attached hydrogens (tertiary/aromatic N) is 1. The lowest BCUT2D eigenvalue weighted by Gasteiger charge is -2.24. The molecule has 0 unspecified atom stereocenters. The zero-order valence-corrected chi connectivity index (χ0v) is 13.4. The molecule has 6 nitrogen and oxygen atoms in total. The van der Waals surface area contributed by atoms with E-state index in [-0.39, 0.29) is 17.4 Å². The van der Waals surface area contributed by atoms with Gasteiger partial charge in [-0.1, -0.05) is 12.8 Å². The SMILES string of the molecule is Cc1cc2c(cc1S(=O)(=O)N1CCCCCC1)OCC(=O)N2. The van der Waals surface area contributed by atoms with Gasteiger partial charge >= 0.3 is 0 Å². The minimum absolute atomic E-state index is 0.0841. The molecular formula is C15H20N2O4S. The molecule has 7 heteroatoms. The van der Waals surface area contributed by atoms with Crippen molar-refractivity contribution in [1.82, 2.24) is 4.31 Å². The van der Waals surface area contributed by atoms with Crippen LogP contribution in [0.4, 0.5) is 5.69 Å². The molecule has 1 aromatic carbocycles. The smallest absolute Gasteiger partial charge is 0.262 e. The number of rotatable bonds is 2. The first-order valence-corrected chi connectivity index (χ1v) is 9.00. The van der Waals surface area contributed by atoms with Gasteiger partial charge in [-0.05, 0) is 31.4 Å². The number of hydrogen-bond acceptors (Lipinski definition) is 4. The number of nitrogens with one attached hydrogen (secondary N) is 1. The monoisotopic (exact) mass is 324 g/mol. The van der Waals surface area contributed by atoms with Crippen molar-refractivity contribution < 1.29 is 17.9 Å². The number of benzene rings is 1. The van der Waals surface area contributed by atoms with E-state index in [2.05, 4.69) is 5.32 Å². The Morgan fingerprint density at radius 2 is 1.82 bits per heavy atom. The van der Waals surface area contributed by atoms with Crippen molar-refractivity contribution in [3.63, 3.8) is 0 Å². The Labute approximate surface area is 130 Å². The molecule has 1 aromatic rings. The third-order valence-corrected chi connectivity index (χ3v) is 6.13. The number of amides is 1. The van der Waals surface area contributed by atoms with Gasteiger partial charge in [0.15, 0.2) is 6.61 Å². The molecule has 1 saturated heterocycles. The summed E-state index contributed by atoms with van der Waals surface area (Å²) in [7, 11) is -3.52. The summed E-state index contributed by atoms with van der Waals surface area (Å²) in [4.78, 5) is 11.6. The molecular weight excluding hydrogens is 304 g/mol. The van der Waals surface area contributed by atoms with Gasteiger partial charge in [0.1, 0.15) is 5.75 Å². The standard InChI is InChI=1S/C15H20N2O4S/c1-11-8-12-13(21-10-15(18)16-12)9-14(11)22(19,20)17-6-4-2-3-5-7-17/h8-9H,2-7,10H2,1H3,(H,16,18). The molecule has 1 N–H and O–H groups in total. The van der Waals surface area contributed by atoms with Gasteiger partial charge in [0.25, 0.3) is 5.91 Å². The van der Waals surface area contributed by atoms with Crippen LogP contribution in [0.2, 0.25) is 0 Å². The van der Waals surface area contributed by atoms with Gasteiger partial charge in [-0.15, -0.1) is 0 Å². The summed E-state index contributed by atoms with van der Waals surface area (Å²) in [5.41, 5.74) is 1.15. The second-order valence-electron chi connectivity index (χ2n) is 5.77. The Morgan fingerprint density at radius 3 is 2.50 bits per heavy atom. The fraction of sp³-hybridized carbons (Fsp3) is 0.533. The molecule has 2 aliphatic heterocycles. The predicted molar refractivity (Wildman–Crippen MR) is 82.5 cm³/mol. The van der Waals surface area contributed by atoms with E-state index in [1.54, 1.807) is 17.3 Å². The van der Waals surface area contributed by atoms with E-state index in [0.717, 1.165) is 25.7 Å². The van der Waals surface area contributed by atoms with Crippen molar-refractivity contribution in [3.05, 3.63) is 17.7 Å². The molecule has 120 valence electrons. The summed E-state index contributed by atoms with van der Waals surface area (Å²) in [5.74, 6) is 0.189. The first-order valence-electron chi connectivity index (χ1n) is 7.56. The Bertz CT molecular complexity index is 692. The highest BCUT2D eigenvalue weighted by molar-refractivity contribution is 7.89. The molecule has 0 saturated carbocycles. The second kappa shape index (κ2) is 5.89. The number of fused-ring (bicyclic) bond motifs is 1. The van der Waals surface area contributed by atoms with Crippen LogP contribution in [-0.2, 0) is 14.8 Å². The van der Waals surface area contributed by atoms with Crippen LogP contribution >= 0.6 is 0 Å². The summed E-state index contributed by atoms with van der Waals surface area (Å²) in [6.45, 7) is 2.79. The largest absolute Gasteiger partial charge is 0.482 e. The highest BCUT2D eigenvalue weighted by Crippen LogP contribution is 2.34. The summed E-state index contributed by atoms with van der Waals surface area (Å²) in [5, 5.41) is 2.70. The summed E-state index contributed by atoms with van der Waals surface area (Å²) in [6, 6.07) is 3.20. The Kier molecular flexibility index (Phi) is 4.10. The fourth-order valence-electron chi connectivity index (χ4n) is 2.92. The number of carbonyl (C=O) groups is 1. The maximum Gasteiger partial charge on any atom is 0.262 e. The lowest BCUT2D eigenvalue weighted by Crippen LogP contribution is -2.33. The van der Waals surface area contributed by atoms with Gasteiger partial charge in [0.05, 0.1) is 10.6 Å². The molecule has 2 aliphatic rings. The maximum absolute atomic E-state index is 12.9. The van der Waals surface area contributed by atoms with Crippen molar-refractivity contribution in [2.75, 3.05) is 25.0 Å². The Balaban J connectivity index is 1.98. The lowest BCUT2D eigenvalue weighted by atomic mass is 10.2. The van der Waals surface area contributed by atoms with E-state index >= 15 is 0 Å². The zero-order chi connectivity index (χ0) is 15.7. The molecule has 0 radical (unpaired) electrons. The molecule has 1 amide bonds. The first kappa shape index (κ1) is 15.3. The molecule has 3 rings (SSSR count). The minimum atomic E-state index is -3.52. The number of hydrogen-bond donors (Lipinski definition) is 1. The Hall–Kier alpha value is -1.60. The van der Waals surface area contributed by atoms with E-state index in [0.29, 0.717) is 30.1 Å². The van der Waals surface area contributed by atoms with Gasteiger partial charge < -0.3 is 10.1 Å². The molecule has 1 fully saturated rings. The van der Waals surface area contributed by atoms with Crippen LogP contribution in [0.5, 0.6) is 5.75 Å². The average molecular weight is 324 g/mol. The number of aryl methyl sites for hydroxylation is 1. The molecule has 0 aliphatic carbocycles. The molecule has 0 spiro atoms. The second-order valence-corrected chi connectivity index (χ2v) is 7.68. The molecule has 0 bridgehead atoms. The number of sulfonamides is 1. The predicted octanol–water partition coefficient (Wildman–Crippen LogP) is 1.89. The van der Waals surface area contributed by atoms with E-state index in [4.69, 9.17) is 4.74 Å². The van der Waals surface area contributed by atoms with Crippen molar-refractivity contribution in [1.29, 1.82) is 0 Å². The van der Waals surface area contributed by atoms with E-state index in [1.807, 2.05) is 0 Å². The maximum atomic E-state index is 12.9. The molecule has 2 heterocycles. The summed E-state index contributed by atoms with van der Waals surface area (Å²) < 4.78 is 32.7. The Morgan fingerprint density at radius 1 is 1.14 bits per heavy atom. The average Bonchev–Trinajstić information content (AvgIpc) is 2.75. The van der Waals surface area contributed by atoms with Crippen LogP contribution in [0.3, 0.4) is 0 Å². The molecule has 0 aromatic heterocycles. The van der Waals surface area contributed by atoms with Crippen LogP contribution in [0, 0.1) is 6.92 Å². The van der Waals surface area contributed by atoms with Gasteiger partial charge in [-0.3, -0.25) is 4.79 Å². The highest BCUT2D eigenvalue weighted by Gasteiger charge is 2.29. The molecule has 22 heavy (non-hydrogen) atoms. The molecule has 0 atom stereocenters. The van der Waals surface area contributed by atoms with Crippen LogP contribution < -0.4 is 10.1 Å². The van der Waals surface area contributed by atoms with E-state index in [9.17, 15) is 13.2 Å². The number of carbonyl (C=O) groups excluding carboxylic acids is 1. The van der Waals surface area contributed by atoms with Crippen LogP contribution in [0.15, 0.2) is 17.0 Å². The summed E-state index contributed by atoms with van der Waals surface area (Å²) in [6.07, 6.45) is 3.94. The highest BCUT2D eigenvalue weighted by atomic mass is 32.2. The third kappa shape index (κ3) is 2.83.